The number of benzene rings is 1. The number of morpholine rings is 1. The van der Waals surface area contributed by atoms with Crippen molar-refractivity contribution in [1.29, 1.82) is 0 Å². The Bertz CT molecular complexity index is 955. The fraction of sp³-hybridized carbons (Fsp3) is 0.350. The van der Waals surface area contributed by atoms with E-state index < -0.39 is 0 Å². The molecule has 4 rings (SSSR count). The molecule has 1 aliphatic heterocycles. The second-order valence-corrected chi connectivity index (χ2v) is 6.60. The van der Waals surface area contributed by atoms with E-state index >= 15 is 0 Å². The van der Waals surface area contributed by atoms with Crippen molar-refractivity contribution in [3.8, 4) is 11.6 Å². The van der Waals surface area contributed by atoms with Crippen molar-refractivity contribution >= 4 is 0 Å². The van der Waals surface area contributed by atoms with Crippen LogP contribution in [0.5, 0.6) is 0 Å². The number of hydrogen-bond donors (Lipinski definition) is 0. The molecule has 0 unspecified atom stereocenters. The van der Waals surface area contributed by atoms with Crippen molar-refractivity contribution in [3.05, 3.63) is 70.4 Å². The van der Waals surface area contributed by atoms with Gasteiger partial charge in [-0.05, 0) is 11.6 Å². The average Bonchev–Trinajstić information content (AvgIpc) is 2.76. The lowest BCUT2D eigenvalue weighted by Crippen LogP contribution is -2.40. The Morgan fingerprint density at radius 2 is 1.68 bits per heavy atom. The molecule has 8 heteroatoms. The first kappa shape index (κ1) is 18.4. The summed E-state index contributed by atoms with van der Waals surface area (Å²) in [6, 6.07) is 11.6. The molecule has 144 valence electrons. The molecule has 1 fully saturated rings. The molecule has 0 N–H and O–H groups in total. The number of aromatic nitrogens is 5. The van der Waals surface area contributed by atoms with Gasteiger partial charge in [-0.15, -0.1) is 5.10 Å². The molecule has 28 heavy (non-hydrogen) atoms. The van der Waals surface area contributed by atoms with Gasteiger partial charge in [0.1, 0.15) is 5.69 Å². The fourth-order valence-electron chi connectivity index (χ4n) is 3.13. The van der Waals surface area contributed by atoms with Gasteiger partial charge in [0.2, 0.25) is 5.82 Å². The van der Waals surface area contributed by atoms with Crippen molar-refractivity contribution in [2.45, 2.75) is 13.0 Å². The van der Waals surface area contributed by atoms with Gasteiger partial charge < -0.3 is 4.74 Å². The average molecular weight is 378 g/mol. The zero-order valence-corrected chi connectivity index (χ0v) is 15.6. The Labute approximate surface area is 162 Å². The van der Waals surface area contributed by atoms with Crippen molar-refractivity contribution in [2.75, 3.05) is 32.8 Å². The Kier molecular flexibility index (Phi) is 5.79. The summed E-state index contributed by atoms with van der Waals surface area (Å²) in [6.07, 6.45) is 3.73. The molecular weight excluding hydrogens is 356 g/mol. The van der Waals surface area contributed by atoms with Gasteiger partial charge in [0.05, 0.1) is 19.8 Å². The zero-order chi connectivity index (χ0) is 19.2. The minimum absolute atomic E-state index is 0.170. The molecule has 0 radical (unpaired) electrons. The SMILES string of the molecule is O=c1c(Cc2ccccc2)nc(-c2ncccn2)nn1CCN1CCOCC1. The molecule has 3 aromatic rings. The van der Waals surface area contributed by atoms with E-state index in [0.29, 0.717) is 30.3 Å². The first-order valence-electron chi connectivity index (χ1n) is 9.39. The van der Waals surface area contributed by atoms with Crippen molar-refractivity contribution < 1.29 is 4.74 Å². The minimum atomic E-state index is -0.170. The van der Waals surface area contributed by atoms with Gasteiger partial charge in [0, 0.05) is 38.4 Å². The molecule has 0 spiro atoms. The summed E-state index contributed by atoms with van der Waals surface area (Å²) in [5.41, 5.74) is 1.31. The van der Waals surface area contributed by atoms with Gasteiger partial charge in [-0.2, -0.15) is 0 Å². The van der Waals surface area contributed by atoms with E-state index in [9.17, 15) is 4.79 Å². The predicted molar refractivity (Wildman–Crippen MR) is 104 cm³/mol. The van der Waals surface area contributed by atoms with Crippen molar-refractivity contribution in [1.82, 2.24) is 29.6 Å². The molecule has 1 aromatic carbocycles. The summed E-state index contributed by atoms with van der Waals surface area (Å²) in [4.78, 5) is 28.2. The van der Waals surface area contributed by atoms with E-state index in [1.807, 2.05) is 30.3 Å². The number of hydrogen-bond acceptors (Lipinski definition) is 7. The van der Waals surface area contributed by atoms with Crippen LogP contribution in [0, 0.1) is 0 Å². The summed E-state index contributed by atoms with van der Waals surface area (Å²) < 4.78 is 6.88. The Morgan fingerprint density at radius 3 is 2.43 bits per heavy atom. The van der Waals surface area contributed by atoms with Crippen LogP contribution in [0.2, 0.25) is 0 Å². The van der Waals surface area contributed by atoms with Crippen LogP contribution in [0.15, 0.2) is 53.6 Å². The van der Waals surface area contributed by atoms with Gasteiger partial charge >= 0.3 is 0 Å². The van der Waals surface area contributed by atoms with E-state index in [4.69, 9.17) is 4.74 Å². The molecule has 1 saturated heterocycles. The summed E-state index contributed by atoms with van der Waals surface area (Å²) in [7, 11) is 0. The highest BCUT2D eigenvalue weighted by Crippen LogP contribution is 2.09. The maximum absolute atomic E-state index is 13.0. The Balaban J connectivity index is 1.65. The third-order valence-electron chi connectivity index (χ3n) is 4.65. The van der Waals surface area contributed by atoms with Gasteiger partial charge in [-0.1, -0.05) is 30.3 Å². The van der Waals surface area contributed by atoms with Crippen LogP contribution in [0.3, 0.4) is 0 Å². The van der Waals surface area contributed by atoms with Crippen molar-refractivity contribution in [2.24, 2.45) is 0 Å². The molecule has 3 heterocycles. The van der Waals surface area contributed by atoms with Gasteiger partial charge in [-0.25, -0.2) is 19.6 Å². The monoisotopic (exact) mass is 378 g/mol. The molecule has 0 bridgehead atoms. The number of ether oxygens (including phenoxy) is 1. The Morgan fingerprint density at radius 1 is 0.929 bits per heavy atom. The third-order valence-corrected chi connectivity index (χ3v) is 4.65. The van der Waals surface area contributed by atoms with Crippen LogP contribution < -0.4 is 5.56 Å². The lowest BCUT2D eigenvalue weighted by molar-refractivity contribution is 0.0357. The second kappa shape index (κ2) is 8.81. The molecule has 2 aromatic heterocycles. The van der Waals surface area contributed by atoms with Crippen LogP contribution in [0.4, 0.5) is 0 Å². The zero-order valence-electron chi connectivity index (χ0n) is 15.6. The second-order valence-electron chi connectivity index (χ2n) is 6.60. The van der Waals surface area contributed by atoms with Crippen LogP contribution in [0.1, 0.15) is 11.3 Å². The molecule has 0 aliphatic carbocycles. The fourth-order valence-corrected chi connectivity index (χ4v) is 3.13. The summed E-state index contributed by atoms with van der Waals surface area (Å²) in [5.74, 6) is 0.782. The highest BCUT2D eigenvalue weighted by Gasteiger charge is 2.16. The molecule has 8 nitrogen and oxygen atoms in total. The standard InChI is InChI=1S/C20H22N6O2/c27-20-17(15-16-5-2-1-3-6-16)23-19(18-21-7-4-8-22-18)24-26(20)10-9-25-11-13-28-14-12-25/h1-8H,9-15H2. The highest BCUT2D eigenvalue weighted by atomic mass is 16.5. The van der Waals surface area contributed by atoms with Gasteiger partial charge in [0.25, 0.3) is 5.56 Å². The number of rotatable bonds is 6. The van der Waals surface area contributed by atoms with E-state index in [0.717, 1.165) is 38.4 Å². The van der Waals surface area contributed by atoms with Crippen LogP contribution in [-0.4, -0.2) is 62.5 Å². The molecule has 0 amide bonds. The predicted octanol–water partition coefficient (Wildman–Crippen LogP) is 1.02. The normalized spacial score (nSPS) is 14.9. The molecule has 0 atom stereocenters. The number of nitrogens with zero attached hydrogens (tertiary/aromatic N) is 6. The van der Waals surface area contributed by atoms with Gasteiger partial charge in [-0.3, -0.25) is 9.69 Å². The first-order valence-corrected chi connectivity index (χ1v) is 9.39. The lowest BCUT2D eigenvalue weighted by Gasteiger charge is -2.26. The summed E-state index contributed by atoms with van der Waals surface area (Å²) in [6.45, 7) is 4.40. The maximum Gasteiger partial charge on any atom is 0.288 e. The van der Waals surface area contributed by atoms with Gasteiger partial charge in [0.15, 0.2) is 5.82 Å². The summed E-state index contributed by atoms with van der Waals surface area (Å²) in [5, 5.41) is 4.44. The molecule has 0 saturated carbocycles. The Hall–Kier alpha value is -2.97. The smallest absolute Gasteiger partial charge is 0.288 e. The molecular formula is C20H22N6O2. The summed E-state index contributed by atoms with van der Waals surface area (Å²) >= 11 is 0. The first-order chi connectivity index (χ1) is 13.8. The van der Waals surface area contributed by atoms with E-state index in [-0.39, 0.29) is 5.56 Å². The molecule has 1 aliphatic rings. The van der Waals surface area contributed by atoms with E-state index in [2.05, 4.69) is 25.0 Å². The largest absolute Gasteiger partial charge is 0.379 e. The maximum atomic E-state index is 13.0. The highest BCUT2D eigenvalue weighted by molar-refractivity contribution is 5.41. The topological polar surface area (TPSA) is 86.0 Å². The van der Waals surface area contributed by atoms with E-state index in [1.54, 1.807) is 18.5 Å². The van der Waals surface area contributed by atoms with Crippen LogP contribution >= 0.6 is 0 Å². The van der Waals surface area contributed by atoms with Crippen molar-refractivity contribution in [3.63, 3.8) is 0 Å². The quantitative estimate of drug-likeness (QED) is 0.633. The minimum Gasteiger partial charge on any atom is -0.379 e. The van der Waals surface area contributed by atoms with E-state index in [1.165, 1.54) is 4.68 Å². The third kappa shape index (κ3) is 4.47. The lowest BCUT2D eigenvalue weighted by atomic mass is 10.1. The van der Waals surface area contributed by atoms with Crippen LogP contribution in [-0.2, 0) is 17.7 Å². The van der Waals surface area contributed by atoms with Crippen LogP contribution in [0.25, 0.3) is 11.6 Å².